The van der Waals surface area contributed by atoms with E-state index in [9.17, 15) is 9.59 Å². The minimum Gasteiger partial charge on any atom is -0.488 e. The fourth-order valence-electron chi connectivity index (χ4n) is 3.07. The zero-order chi connectivity index (χ0) is 18.2. The Morgan fingerprint density at radius 1 is 1.24 bits per heavy atom. The lowest BCUT2D eigenvalue weighted by molar-refractivity contribution is 0.0964. The van der Waals surface area contributed by atoms with Gasteiger partial charge in [0.15, 0.2) is 5.78 Å². The highest BCUT2D eigenvalue weighted by Gasteiger charge is 2.46. The summed E-state index contributed by atoms with van der Waals surface area (Å²) in [7, 11) is 0. The smallest absolute Gasteiger partial charge is 0.251 e. The Kier molecular flexibility index (Phi) is 4.27. The number of carbonyl (C=O) groups is 1. The molecule has 5 heteroatoms. The SMILES string of the molecule is Cc1nc(C(=O)CC2(c3ccc(OC(C)(C)C)cc3)CC2)cc(=O)[nH]1. The van der Waals surface area contributed by atoms with Crippen molar-refractivity contribution in [3.8, 4) is 5.75 Å². The van der Waals surface area contributed by atoms with Gasteiger partial charge in [-0.1, -0.05) is 12.1 Å². The molecule has 1 aliphatic carbocycles. The number of aromatic nitrogens is 2. The van der Waals surface area contributed by atoms with Crippen LogP contribution in [0.1, 0.15) is 61.9 Å². The van der Waals surface area contributed by atoms with Crippen LogP contribution in [-0.2, 0) is 5.41 Å². The second kappa shape index (κ2) is 6.14. The first kappa shape index (κ1) is 17.4. The number of nitrogens with zero attached hydrogens (tertiary/aromatic N) is 1. The van der Waals surface area contributed by atoms with Crippen LogP contribution in [0.25, 0.3) is 0 Å². The van der Waals surface area contributed by atoms with Crippen molar-refractivity contribution in [3.05, 3.63) is 57.8 Å². The second-order valence-corrected chi connectivity index (χ2v) is 7.84. The number of ketones is 1. The Morgan fingerprint density at radius 3 is 2.40 bits per heavy atom. The summed E-state index contributed by atoms with van der Waals surface area (Å²) in [5.41, 5.74) is 0.738. The molecule has 1 N–H and O–H groups in total. The number of ether oxygens (including phenoxy) is 1. The largest absolute Gasteiger partial charge is 0.488 e. The Bertz CT molecular complexity index is 840. The van der Waals surface area contributed by atoms with E-state index in [-0.39, 0.29) is 28.1 Å². The van der Waals surface area contributed by atoms with Crippen molar-refractivity contribution in [3.63, 3.8) is 0 Å². The predicted molar refractivity (Wildman–Crippen MR) is 96.3 cm³/mol. The predicted octanol–water partition coefficient (Wildman–Crippen LogP) is 3.56. The monoisotopic (exact) mass is 340 g/mol. The summed E-state index contributed by atoms with van der Waals surface area (Å²) in [6.07, 6.45) is 2.32. The first-order chi connectivity index (χ1) is 11.7. The topological polar surface area (TPSA) is 72.0 Å². The van der Waals surface area contributed by atoms with Crippen molar-refractivity contribution in [2.24, 2.45) is 0 Å². The van der Waals surface area contributed by atoms with E-state index in [4.69, 9.17) is 4.74 Å². The Morgan fingerprint density at radius 2 is 1.88 bits per heavy atom. The number of benzene rings is 1. The molecule has 0 atom stereocenters. The molecule has 0 aliphatic heterocycles. The van der Waals surface area contributed by atoms with E-state index >= 15 is 0 Å². The highest BCUT2D eigenvalue weighted by molar-refractivity contribution is 5.95. The molecule has 25 heavy (non-hydrogen) atoms. The maximum Gasteiger partial charge on any atom is 0.251 e. The van der Waals surface area contributed by atoms with Crippen molar-refractivity contribution in [2.75, 3.05) is 0 Å². The molecule has 0 saturated heterocycles. The molecule has 0 unspecified atom stereocenters. The van der Waals surface area contributed by atoms with Crippen LogP contribution in [0, 0.1) is 6.92 Å². The molecule has 1 fully saturated rings. The average Bonchev–Trinajstić information content (AvgIpc) is 3.26. The number of hydrogen-bond acceptors (Lipinski definition) is 4. The van der Waals surface area contributed by atoms with Crippen LogP contribution in [0.4, 0.5) is 0 Å². The molecule has 0 spiro atoms. The normalized spacial score (nSPS) is 15.7. The van der Waals surface area contributed by atoms with Gasteiger partial charge in [0.05, 0.1) is 0 Å². The third-order valence-corrected chi connectivity index (χ3v) is 4.39. The van der Waals surface area contributed by atoms with Crippen LogP contribution in [0.15, 0.2) is 35.1 Å². The molecule has 3 rings (SSSR count). The van der Waals surface area contributed by atoms with Crippen LogP contribution < -0.4 is 10.3 Å². The molecular formula is C20H24N2O3. The second-order valence-electron chi connectivity index (χ2n) is 7.84. The fourth-order valence-corrected chi connectivity index (χ4v) is 3.07. The standard InChI is InChI=1S/C20H24N2O3/c1-13-21-16(11-18(24)22-13)17(23)12-20(9-10-20)14-5-7-15(8-6-14)25-19(2,3)4/h5-8,11H,9-10,12H2,1-4H3,(H,21,22,24). The van der Waals surface area contributed by atoms with Crippen molar-refractivity contribution < 1.29 is 9.53 Å². The van der Waals surface area contributed by atoms with Crippen LogP contribution in [0.3, 0.4) is 0 Å². The van der Waals surface area contributed by atoms with Gasteiger partial charge in [-0.05, 0) is 58.2 Å². The van der Waals surface area contributed by atoms with Gasteiger partial charge >= 0.3 is 0 Å². The van der Waals surface area contributed by atoms with E-state index in [0.29, 0.717) is 12.2 Å². The number of aromatic amines is 1. The van der Waals surface area contributed by atoms with Gasteiger partial charge in [0.25, 0.3) is 5.56 Å². The summed E-state index contributed by atoms with van der Waals surface area (Å²) in [5.74, 6) is 1.20. The molecule has 132 valence electrons. The first-order valence-electron chi connectivity index (χ1n) is 8.58. The van der Waals surface area contributed by atoms with Crippen LogP contribution in [-0.4, -0.2) is 21.4 Å². The average molecular weight is 340 g/mol. The van der Waals surface area contributed by atoms with E-state index < -0.39 is 0 Å². The molecule has 1 aromatic heterocycles. The lowest BCUT2D eigenvalue weighted by Gasteiger charge is -2.22. The Balaban J connectivity index is 1.76. The van der Waals surface area contributed by atoms with Gasteiger partial charge in [0.1, 0.15) is 22.9 Å². The minimum absolute atomic E-state index is 0.0817. The lowest BCUT2D eigenvalue weighted by Crippen LogP contribution is -2.23. The van der Waals surface area contributed by atoms with Gasteiger partial charge in [0, 0.05) is 17.9 Å². The lowest BCUT2D eigenvalue weighted by atomic mass is 9.89. The third kappa shape index (κ3) is 4.16. The van der Waals surface area contributed by atoms with Gasteiger partial charge < -0.3 is 9.72 Å². The minimum atomic E-state index is -0.288. The number of Topliss-reactive ketones (excluding diaryl/α,β-unsaturated/α-hetero) is 1. The van der Waals surface area contributed by atoms with Crippen molar-refractivity contribution in [1.82, 2.24) is 9.97 Å². The number of nitrogens with one attached hydrogen (secondary N) is 1. The van der Waals surface area contributed by atoms with Gasteiger partial charge in [-0.25, -0.2) is 4.98 Å². The summed E-state index contributed by atoms with van der Waals surface area (Å²) in [4.78, 5) is 30.9. The zero-order valence-electron chi connectivity index (χ0n) is 15.2. The molecule has 1 aromatic carbocycles. The quantitative estimate of drug-likeness (QED) is 0.845. The zero-order valence-corrected chi connectivity index (χ0v) is 15.2. The van der Waals surface area contributed by atoms with Crippen LogP contribution in [0.5, 0.6) is 5.75 Å². The molecule has 2 aromatic rings. The van der Waals surface area contributed by atoms with E-state index in [2.05, 4.69) is 9.97 Å². The number of carbonyl (C=O) groups excluding carboxylic acids is 1. The summed E-state index contributed by atoms with van der Waals surface area (Å²) < 4.78 is 5.85. The molecule has 1 heterocycles. The van der Waals surface area contributed by atoms with Gasteiger partial charge in [-0.3, -0.25) is 9.59 Å². The maximum absolute atomic E-state index is 12.6. The summed E-state index contributed by atoms with van der Waals surface area (Å²) in [6, 6.07) is 9.28. The van der Waals surface area contributed by atoms with Gasteiger partial charge in [-0.15, -0.1) is 0 Å². The molecule has 5 nitrogen and oxygen atoms in total. The van der Waals surface area contributed by atoms with E-state index in [1.54, 1.807) is 6.92 Å². The summed E-state index contributed by atoms with van der Waals surface area (Å²) in [5, 5.41) is 0. The highest BCUT2D eigenvalue weighted by atomic mass is 16.5. The first-order valence-corrected chi connectivity index (χ1v) is 8.58. The van der Waals surface area contributed by atoms with Crippen molar-refractivity contribution in [1.29, 1.82) is 0 Å². The number of hydrogen-bond donors (Lipinski definition) is 1. The van der Waals surface area contributed by atoms with Crippen molar-refractivity contribution in [2.45, 2.75) is 58.0 Å². The van der Waals surface area contributed by atoms with Gasteiger partial charge in [-0.2, -0.15) is 0 Å². The number of H-pyrrole nitrogens is 1. The maximum atomic E-state index is 12.6. The highest BCUT2D eigenvalue weighted by Crippen LogP contribution is 2.51. The molecular weight excluding hydrogens is 316 g/mol. The van der Waals surface area contributed by atoms with E-state index in [0.717, 1.165) is 24.2 Å². The molecule has 0 amide bonds. The van der Waals surface area contributed by atoms with E-state index in [1.807, 2.05) is 45.0 Å². The van der Waals surface area contributed by atoms with Crippen LogP contribution in [0.2, 0.25) is 0 Å². The molecule has 0 radical (unpaired) electrons. The fraction of sp³-hybridized carbons (Fsp3) is 0.450. The van der Waals surface area contributed by atoms with Crippen LogP contribution >= 0.6 is 0 Å². The number of rotatable bonds is 5. The Labute approximate surface area is 147 Å². The molecule has 0 bridgehead atoms. The molecule has 1 saturated carbocycles. The summed E-state index contributed by atoms with van der Waals surface area (Å²) >= 11 is 0. The van der Waals surface area contributed by atoms with Crippen molar-refractivity contribution >= 4 is 5.78 Å². The Hall–Kier alpha value is -2.43. The van der Waals surface area contributed by atoms with E-state index in [1.165, 1.54) is 6.07 Å². The third-order valence-electron chi connectivity index (χ3n) is 4.39. The summed E-state index contributed by atoms with van der Waals surface area (Å²) in [6.45, 7) is 7.72. The molecule has 1 aliphatic rings. The number of aryl methyl sites for hydroxylation is 1. The van der Waals surface area contributed by atoms with Gasteiger partial charge in [0.2, 0.25) is 0 Å².